The van der Waals surface area contributed by atoms with Gasteiger partial charge in [0.25, 0.3) is 0 Å². The lowest BCUT2D eigenvalue weighted by molar-refractivity contribution is -0.134. The standard InChI is InChI=1S/C20H29ClN2O2.ClH/c1-25-11-10-22-8-9-23-19(24)20(14-16-2-5-17(20)12-16)13-15-3-6-18(21)7-4-15;/h3-4,6-7,16-17,22H,2,5,8-14H2,1H3,(H,23,24);1H. The molecule has 1 aromatic rings. The number of benzene rings is 1. The molecule has 3 rings (SSSR count). The summed E-state index contributed by atoms with van der Waals surface area (Å²) < 4.78 is 5.02. The first kappa shape index (κ1) is 21.5. The lowest BCUT2D eigenvalue weighted by Gasteiger charge is -2.36. The molecule has 2 bridgehead atoms. The maximum atomic E-state index is 13.1. The van der Waals surface area contributed by atoms with Gasteiger partial charge in [0.2, 0.25) is 5.91 Å². The molecule has 3 unspecified atom stereocenters. The normalized spacial score (nSPS) is 26.5. The third-order valence-corrected chi connectivity index (χ3v) is 6.18. The third kappa shape index (κ3) is 4.92. The van der Waals surface area contributed by atoms with Gasteiger partial charge in [0.15, 0.2) is 0 Å². The Labute approximate surface area is 167 Å². The Morgan fingerprint density at radius 3 is 2.62 bits per heavy atom. The predicted octanol–water partition coefficient (Wildman–Crippen LogP) is 3.46. The van der Waals surface area contributed by atoms with Crippen LogP contribution in [0.15, 0.2) is 24.3 Å². The molecule has 0 aliphatic heterocycles. The van der Waals surface area contributed by atoms with Crippen molar-refractivity contribution in [2.75, 3.05) is 33.4 Å². The number of ether oxygens (including phenoxy) is 1. The van der Waals surface area contributed by atoms with E-state index >= 15 is 0 Å². The molecule has 0 heterocycles. The number of rotatable bonds is 9. The summed E-state index contributed by atoms with van der Waals surface area (Å²) in [5.41, 5.74) is 0.980. The first-order valence-corrected chi connectivity index (χ1v) is 9.74. The van der Waals surface area contributed by atoms with Crippen LogP contribution in [-0.4, -0.2) is 39.3 Å². The van der Waals surface area contributed by atoms with Gasteiger partial charge < -0.3 is 15.4 Å². The fourth-order valence-corrected chi connectivity index (χ4v) is 4.85. The Bertz CT molecular complexity index is 582. The molecule has 0 radical (unpaired) electrons. The van der Waals surface area contributed by atoms with Crippen LogP contribution in [0.3, 0.4) is 0 Å². The van der Waals surface area contributed by atoms with Crippen molar-refractivity contribution < 1.29 is 9.53 Å². The molecule has 1 amide bonds. The smallest absolute Gasteiger partial charge is 0.226 e. The van der Waals surface area contributed by atoms with E-state index in [1.54, 1.807) is 7.11 Å². The van der Waals surface area contributed by atoms with Crippen molar-refractivity contribution in [1.29, 1.82) is 0 Å². The SMILES string of the molecule is COCCNCCNC(=O)C1(Cc2ccc(Cl)cc2)CC2CCC1C2.Cl. The van der Waals surface area contributed by atoms with Crippen LogP contribution in [0.2, 0.25) is 5.02 Å². The summed E-state index contributed by atoms with van der Waals surface area (Å²) in [6.07, 6.45) is 5.56. The van der Waals surface area contributed by atoms with Crippen LogP contribution in [0, 0.1) is 17.3 Å². The van der Waals surface area contributed by atoms with Gasteiger partial charge in [0, 0.05) is 31.8 Å². The average Bonchev–Trinajstić information content (AvgIpc) is 3.21. The molecule has 2 fully saturated rings. The zero-order valence-electron chi connectivity index (χ0n) is 15.4. The van der Waals surface area contributed by atoms with Crippen molar-refractivity contribution in [2.24, 2.45) is 17.3 Å². The van der Waals surface area contributed by atoms with Crippen molar-refractivity contribution in [2.45, 2.75) is 32.1 Å². The highest BCUT2D eigenvalue weighted by molar-refractivity contribution is 6.30. The van der Waals surface area contributed by atoms with Gasteiger partial charge in [-0.2, -0.15) is 0 Å². The van der Waals surface area contributed by atoms with Crippen LogP contribution in [-0.2, 0) is 16.0 Å². The Balaban J connectivity index is 0.00000243. The second-order valence-corrected chi connectivity index (χ2v) is 7.97. The van der Waals surface area contributed by atoms with Crippen LogP contribution in [0.5, 0.6) is 0 Å². The molecule has 2 N–H and O–H groups in total. The maximum Gasteiger partial charge on any atom is 0.226 e. The molecule has 2 aliphatic rings. The van der Waals surface area contributed by atoms with E-state index in [9.17, 15) is 4.79 Å². The minimum absolute atomic E-state index is 0. The van der Waals surface area contributed by atoms with Crippen LogP contribution in [0.1, 0.15) is 31.2 Å². The molecule has 6 heteroatoms. The highest BCUT2D eigenvalue weighted by Gasteiger charge is 2.55. The molecule has 26 heavy (non-hydrogen) atoms. The molecule has 3 atom stereocenters. The molecular formula is C20H30Cl2N2O2. The summed E-state index contributed by atoms with van der Waals surface area (Å²) in [5, 5.41) is 7.22. The van der Waals surface area contributed by atoms with E-state index < -0.39 is 0 Å². The molecular weight excluding hydrogens is 371 g/mol. The number of methoxy groups -OCH3 is 1. The lowest BCUT2D eigenvalue weighted by Crippen LogP contribution is -2.47. The van der Waals surface area contributed by atoms with E-state index in [0.717, 1.165) is 36.9 Å². The maximum absolute atomic E-state index is 13.1. The quantitative estimate of drug-likeness (QED) is 0.623. The minimum atomic E-state index is -0.233. The van der Waals surface area contributed by atoms with Crippen molar-refractivity contribution in [1.82, 2.24) is 10.6 Å². The lowest BCUT2D eigenvalue weighted by atomic mass is 9.68. The van der Waals surface area contributed by atoms with Gasteiger partial charge in [-0.3, -0.25) is 4.79 Å². The second kappa shape index (κ2) is 9.93. The molecule has 146 valence electrons. The van der Waals surface area contributed by atoms with Crippen LogP contribution < -0.4 is 10.6 Å². The van der Waals surface area contributed by atoms with E-state index in [2.05, 4.69) is 22.8 Å². The molecule has 0 saturated heterocycles. The third-order valence-electron chi connectivity index (χ3n) is 5.93. The van der Waals surface area contributed by atoms with Crippen molar-refractivity contribution >= 4 is 29.9 Å². The minimum Gasteiger partial charge on any atom is -0.383 e. The Kier molecular flexibility index (Phi) is 8.21. The zero-order valence-corrected chi connectivity index (χ0v) is 17.0. The number of hydrogen-bond donors (Lipinski definition) is 2. The predicted molar refractivity (Wildman–Crippen MR) is 108 cm³/mol. The number of fused-ring (bicyclic) bond motifs is 2. The monoisotopic (exact) mass is 400 g/mol. The van der Waals surface area contributed by atoms with E-state index in [0.29, 0.717) is 19.1 Å². The summed E-state index contributed by atoms with van der Waals surface area (Å²) in [6, 6.07) is 7.98. The van der Waals surface area contributed by atoms with E-state index in [1.165, 1.54) is 24.8 Å². The Morgan fingerprint density at radius 2 is 2.00 bits per heavy atom. The van der Waals surface area contributed by atoms with Gasteiger partial charge in [0.05, 0.1) is 12.0 Å². The number of nitrogens with one attached hydrogen (secondary N) is 2. The first-order valence-electron chi connectivity index (χ1n) is 9.36. The summed E-state index contributed by atoms with van der Waals surface area (Å²) in [4.78, 5) is 13.1. The van der Waals surface area contributed by atoms with Crippen molar-refractivity contribution in [3.05, 3.63) is 34.9 Å². The van der Waals surface area contributed by atoms with Gasteiger partial charge in [0.1, 0.15) is 0 Å². The molecule has 2 aliphatic carbocycles. The van der Waals surface area contributed by atoms with E-state index in [-0.39, 0.29) is 23.7 Å². The molecule has 4 nitrogen and oxygen atoms in total. The number of carbonyl (C=O) groups is 1. The summed E-state index contributed by atoms with van der Waals surface area (Å²) in [7, 11) is 1.69. The van der Waals surface area contributed by atoms with Crippen LogP contribution in [0.25, 0.3) is 0 Å². The van der Waals surface area contributed by atoms with Gasteiger partial charge >= 0.3 is 0 Å². The number of amides is 1. The van der Waals surface area contributed by atoms with Crippen molar-refractivity contribution in [3.63, 3.8) is 0 Å². The largest absolute Gasteiger partial charge is 0.383 e. The van der Waals surface area contributed by atoms with Crippen molar-refractivity contribution in [3.8, 4) is 0 Å². The van der Waals surface area contributed by atoms with E-state index in [1.807, 2.05) is 12.1 Å². The zero-order chi connectivity index (χ0) is 17.7. The average molecular weight is 401 g/mol. The fourth-order valence-electron chi connectivity index (χ4n) is 4.73. The number of carbonyl (C=O) groups excluding carboxylic acids is 1. The molecule has 2 saturated carbocycles. The number of hydrogen-bond acceptors (Lipinski definition) is 3. The molecule has 0 spiro atoms. The summed E-state index contributed by atoms with van der Waals surface area (Å²) in [5.74, 6) is 1.49. The van der Waals surface area contributed by atoms with Gasteiger partial charge in [-0.1, -0.05) is 30.2 Å². The summed E-state index contributed by atoms with van der Waals surface area (Å²) >= 11 is 6.01. The van der Waals surface area contributed by atoms with E-state index in [4.69, 9.17) is 16.3 Å². The van der Waals surface area contributed by atoms with Crippen LogP contribution >= 0.6 is 24.0 Å². The Morgan fingerprint density at radius 1 is 1.23 bits per heavy atom. The second-order valence-electron chi connectivity index (χ2n) is 7.54. The van der Waals surface area contributed by atoms with Gasteiger partial charge in [-0.05, 0) is 55.2 Å². The summed E-state index contributed by atoms with van der Waals surface area (Å²) in [6.45, 7) is 2.95. The van der Waals surface area contributed by atoms with Gasteiger partial charge in [-0.25, -0.2) is 0 Å². The first-order chi connectivity index (χ1) is 12.1. The topological polar surface area (TPSA) is 50.4 Å². The van der Waals surface area contributed by atoms with Crippen LogP contribution in [0.4, 0.5) is 0 Å². The van der Waals surface area contributed by atoms with Gasteiger partial charge in [-0.15, -0.1) is 12.4 Å². The fraction of sp³-hybridized carbons (Fsp3) is 0.650. The number of halogens is 2. The molecule has 1 aromatic carbocycles. The highest BCUT2D eigenvalue weighted by atomic mass is 35.5. The molecule has 0 aromatic heterocycles. The Hall–Kier alpha value is -0.810. The highest BCUT2D eigenvalue weighted by Crippen LogP contribution is 2.57.